The van der Waals surface area contributed by atoms with Crippen molar-refractivity contribution in [2.75, 3.05) is 0 Å². The number of nitrogens with zero attached hydrogens (tertiary/aromatic N) is 3. The van der Waals surface area contributed by atoms with Gasteiger partial charge in [-0.25, -0.2) is 4.39 Å². The molecule has 2 aromatic heterocycles. The van der Waals surface area contributed by atoms with Crippen LogP contribution >= 0.6 is 0 Å². The molecular formula is C21H16FN3O3. The largest absolute Gasteiger partial charge is 0.349 e. The van der Waals surface area contributed by atoms with Gasteiger partial charge in [0.05, 0.1) is 4.92 Å². The van der Waals surface area contributed by atoms with Gasteiger partial charge in [0.2, 0.25) is 5.76 Å². The molecule has 140 valence electrons. The molecule has 28 heavy (non-hydrogen) atoms. The summed E-state index contributed by atoms with van der Waals surface area (Å²) >= 11 is 0. The third kappa shape index (κ3) is 3.29. The predicted molar refractivity (Wildman–Crippen MR) is 104 cm³/mol. The van der Waals surface area contributed by atoms with Crippen LogP contribution in [0, 0.1) is 22.9 Å². The Labute approximate surface area is 159 Å². The van der Waals surface area contributed by atoms with Gasteiger partial charge < -0.3 is 9.09 Å². The van der Waals surface area contributed by atoms with Gasteiger partial charge in [-0.1, -0.05) is 35.5 Å². The van der Waals surface area contributed by atoms with Crippen LogP contribution in [-0.4, -0.2) is 14.6 Å². The van der Waals surface area contributed by atoms with E-state index < -0.39 is 4.92 Å². The summed E-state index contributed by atoms with van der Waals surface area (Å²) in [5, 5.41) is 15.9. The number of fused-ring (bicyclic) bond motifs is 1. The molecule has 0 saturated heterocycles. The fraction of sp³-hybridized carbons (Fsp3) is 0.0952. The Hall–Kier alpha value is -3.74. The van der Waals surface area contributed by atoms with Crippen LogP contribution in [0.15, 0.2) is 59.3 Å². The number of hydrogen-bond acceptors (Lipinski definition) is 4. The van der Waals surface area contributed by atoms with Gasteiger partial charge in [0.25, 0.3) is 0 Å². The number of nitro groups is 1. The summed E-state index contributed by atoms with van der Waals surface area (Å²) in [5.41, 5.74) is 2.98. The van der Waals surface area contributed by atoms with Crippen LogP contribution in [0.4, 0.5) is 10.1 Å². The zero-order valence-corrected chi connectivity index (χ0v) is 15.0. The molecule has 2 aromatic carbocycles. The van der Waals surface area contributed by atoms with Gasteiger partial charge in [-0.2, -0.15) is 0 Å². The molecule has 0 saturated carbocycles. The third-order valence-corrected chi connectivity index (χ3v) is 4.54. The minimum Gasteiger partial charge on any atom is -0.349 e. The smallest absolute Gasteiger partial charge is 0.338 e. The van der Waals surface area contributed by atoms with Crippen LogP contribution in [0.1, 0.15) is 22.6 Å². The quantitative estimate of drug-likeness (QED) is 0.354. The summed E-state index contributed by atoms with van der Waals surface area (Å²) in [4.78, 5) is 10.7. The van der Waals surface area contributed by atoms with E-state index in [4.69, 9.17) is 4.52 Å². The van der Waals surface area contributed by atoms with E-state index in [9.17, 15) is 14.5 Å². The lowest BCUT2D eigenvalue weighted by molar-refractivity contribution is -0.386. The van der Waals surface area contributed by atoms with Crippen molar-refractivity contribution in [2.24, 2.45) is 0 Å². The molecule has 2 heterocycles. The summed E-state index contributed by atoms with van der Waals surface area (Å²) in [6.45, 7) is 2.11. The van der Waals surface area contributed by atoms with E-state index in [1.807, 2.05) is 30.5 Å². The maximum Gasteiger partial charge on any atom is 0.338 e. The highest BCUT2D eigenvalue weighted by Gasteiger charge is 2.22. The molecule has 0 radical (unpaired) electrons. The minimum atomic E-state index is -0.497. The lowest BCUT2D eigenvalue weighted by atomic mass is 10.1. The van der Waals surface area contributed by atoms with E-state index in [1.54, 1.807) is 24.3 Å². The van der Waals surface area contributed by atoms with Crippen molar-refractivity contribution in [2.45, 2.75) is 13.5 Å². The second kappa shape index (κ2) is 7.11. The van der Waals surface area contributed by atoms with Gasteiger partial charge in [-0.05, 0) is 42.8 Å². The average molecular weight is 377 g/mol. The van der Waals surface area contributed by atoms with Crippen molar-refractivity contribution < 1.29 is 13.8 Å². The maximum absolute atomic E-state index is 13.2. The van der Waals surface area contributed by atoms with Gasteiger partial charge in [-0.15, -0.1) is 0 Å². The molecule has 0 aliphatic heterocycles. The molecule has 0 spiro atoms. The molecule has 0 atom stereocenters. The van der Waals surface area contributed by atoms with Crippen LogP contribution in [0.2, 0.25) is 0 Å². The highest BCUT2D eigenvalue weighted by atomic mass is 19.1. The first kappa shape index (κ1) is 17.7. The fourth-order valence-electron chi connectivity index (χ4n) is 3.20. The number of rotatable bonds is 5. The van der Waals surface area contributed by atoms with E-state index in [2.05, 4.69) is 9.72 Å². The second-order valence-electron chi connectivity index (χ2n) is 6.43. The summed E-state index contributed by atoms with van der Waals surface area (Å²) < 4.78 is 20.3. The van der Waals surface area contributed by atoms with Crippen molar-refractivity contribution in [1.82, 2.24) is 9.72 Å². The van der Waals surface area contributed by atoms with E-state index in [1.165, 1.54) is 19.1 Å². The second-order valence-corrected chi connectivity index (χ2v) is 6.43. The fourth-order valence-corrected chi connectivity index (χ4v) is 3.20. The monoisotopic (exact) mass is 377 g/mol. The number of hydrogen-bond donors (Lipinski definition) is 0. The Bertz CT molecular complexity index is 1190. The summed E-state index contributed by atoms with van der Waals surface area (Å²) in [6, 6.07) is 14.2. The zero-order chi connectivity index (χ0) is 19.7. The number of benzene rings is 2. The molecule has 0 bridgehead atoms. The Morgan fingerprint density at radius 3 is 2.68 bits per heavy atom. The highest BCUT2D eigenvalue weighted by molar-refractivity contribution is 5.92. The first-order valence-corrected chi connectivity index (χ1v) is 8.64. The first-order valence-electron chi connectivity index (χ1n) is 8.64. The van der Waals surface area contributed by atoms with Gasteiger partial charge in [0.15, 0.2) is 5.69 Å². The molecule has 0 aliphatic carbocycles. The van der Waals surface area contributed by atoms with Crippen molar-refractivity contribution in [3.8, 4) is 0 Å². The first-order chi connectivity index (χ1) is 13.5. The molecule has 6 nitrogen and oxygen atoms in total. The lowest BCUT2D eigenvalue weighted by Gasteiger charge is -2.05. The number of aromatic nitrogens is 2. The maximum atomic E-state index is 13.2. The Balaban J connectivity index is 1.72. The van der Waals surface area contributed by atoms with Crippen LogP contribution in [0.5, 0.6) is 0 Å². The minimum absolute atomic E-state index is 0.109. The molecule has 0 N–H and O–H groups in total. The van der Waals surface area contributed by atoms with Crippen molar-refractivity contribution in [1.29, 1.82) is 0 Å². The number of aryl methyl sites for hydroxylation is 1. The molecule has 0 aliphatic rings. The molecule has 4 aromatic rings. The summed E-state index contributed by atoms with van der Waals surface area (Å²) in [5.74, 6) is -0.161. The number of para-hydroxylation sites is 1. The van der Waals surface area contributed by atoms with Gasteiger partial charge in [-0.3, -0.25) is 10.1 Å². The number of halogens is 1. The molecule has 7 heteroatoms. The standard InChI is InChI=1S/C21H16FN3O3/c1-14-21(25(26)27)20(28-23-14)11-8-16-13-24(19-5-3-2-4-18(16)19)12-15-6-9-17(22)10-7-15/h2-11,13H,12H2,1H3/b11-8+. The van der Waals surface area contributed by atoms with Gasteiger partial charge >= 0.3 is 5.69 Å². The van der Waals surface area contributed by atoms with Crippen LogP contribution < -0.4 is 0 Å². The summed E-state index contributed by atoms with van der Waals surface area (Å²) in [7, 11) is 0. The zero-order valence-electron chi connectivity index (χ0n) is 15.0. The highest BCUT2D eigenvalue weighted by Crippen LogP contribution is 2.27. The molecule has 0 unspecified atom stereocenters. The van der Waals surface area contributed by atoms with Gasteiger partial charge in [0.1, 0.15) is 5.82 Å². The van der Waals surface area contributed by atoms with E-state index in [0.29, 0.717) is 6.54 Å². The Kier molecular flexibility index (Phi) is 4.49. The Morgan fingerprint density at radius 1 is 1.18 bits per heavy atom. The van der Waals surface area contributed by atoms with Crippen molar-refractivity contribution in [3.63, 3.8) is 0 Å². The van der Waals surface area contributed by atoms with Crippen LogP contribution in [-0.2, 0) is 6.54 Å². The average Bonchev–Trinajstić information content (AvgIpc) is 3.22. The summed E-state index contributed by atoms with van der Waals surface area (Å²) in [6.07, 6.45) is 5.29. The molecule has 4 rings (SSSR count). The third-order valence-electron chi connectivity index (χ3n) is 4.54. The van der Waals surface area contributed by atoms with E-state index >= 15 is 0 Å². The van der Waals surface area contributed by atoms with Gasteiger partial charge in [0, 0.05) is 29.2 Å². The van der Waals surface area contributed by atoms with Crippen molar-refractivity contribution >= 4 is 28.7 Å². The van der Waals surface area contributed by atoms with Crippen LogP contribution in [0.25, 0.3) is 23.1 Å². The van der Waals surface area contributed by atoms with Crippen LogP contribution in [0.3, 0.4) is 0 Å². The normalized spacial score (nSPS) is 11.5. The van der Waals surface area contributed by atoms with E-state index in [0.717, 1.165) is 22.0 Å². The molecule has 0 amide bonds. The molecule has 0 fully saturated rings. The SMILES string of the molecule is Cc1noc(/C=C/c2cn(Cc3ccc(F)cc3)c3ccccc23)c1[N+](=O)[O-]. The topological polar surface area (TPSA) is 74.1 Å². The molecular weight excluding hydrogens is 361 g/mol. The lowest BCUT2D eigenvalue weighted by Crippen LogP contribution is -1.97. The Morgan fingerprint density at radius 2 is 1.93 bits per heavy atom. The van der Waals surface area contributed by atoms with E-state index in [-0.39, 0.29) is 23.0 Å². The predicted octanol–water partition coefficient (Wildman–Crippen LogP) is 5.20. The van der Waals surface area contributed by atoms with Crippen molar-refractivity contribution in [3.05, 3.63) is 93.2 Å².